The first kappa shape index (κ1) is 27.9. The summed E-state index contributed by atoms with van der Waals surface area (Å²) in [5.41, 5.74) is -0.821. The molecule has 1 saturated heterocycles. The Balaban J connectivity index is 1.75. The van der Waals surface area contributed by atoms with E-state index in [1.165, 1.54) is 0 Å². The number of amides is 2. The summed E-state index contributed by atoms with van der Waals surface area (Å²) in [6.45, 7) is 9.89. The Kier molecular flexibility index (Phi) is 8.90. The molecular formula is C27H46N2O6. The van der Waals surface area contributed by atoms with Crippen molar-refractivity contribution in [1.82, 2.24) is 10.6 Å². The zero-order valence-electron chi connectivity index (χ0n) is 22.3. The van der Waals surface area contributed by atoms with Crippen LogP contribution in [0.5, 0.6) is 0 Å². The smallest absolute Gasteiger partial charge is 0.305 e. The molecule has 4 unspecified atom stereocenters. The Labute approximate surface area is 210 Å². The highest BCUT2D eigenvalue weighted by molar-refractivity contribution is 5.84. The Hall–Kier alpha value is -1.67. The van der Waals surface area contributed by atoms with E-state index in [4.69, 9.17) is 9.47 Å². The molecule has 0 aromatic carbocycles. The van der Waals surface area contributed by atoms with Gasteiger partial charge >= 0.3 is 5.97 Å². The van der Waals surface area contributed by atoms with Crippen LogP contribution in [0.1, 0.15) is 105 Å². The summed E-state index contributed by atoms with van der Waals surface area (Å²) in [6.07, 6.45) is 8.53. The van der Waals surface area contributed by atoms with Crippen LogP contribution in [-0.4, -0.2) is 53.5 Å². The van der Waals surface area contributed by atoms with E-state index in [0.717, 1.165) is 64.2 Å². The van der Waals surface area contributed by atoms with Crippen molar-refractivity contribution in [1.29, 1.82) is 0 Å². The van der Waals surface area contributed by atoms with Crippen LogP contribution < -0.4 is 10.6 Å². The lowest BCUT2D eigenvalue weighted by atomic mass is 9.65. The minimum Gasteiger partial charge on any atom is -0.481 e. The predicted octanol–water partition coefficient (Wildman–Crippen LogP) is 4.16. The van der Waals surface area contributed by atoms with E-state index in [-0.39, 0.29) is 35.6 Å². The number of hydrogen-bond donors (Lipinski definition) is 3. The van der Waals surface area contributed by atoms with E-state index in [0.29, 0.717) is 6.61 Å². The molecule has 35 heavy (non-hydrogen) atoms. The first-order chi connectivity index (χ1) is 16.4. The summed E-state index contributed by atoms with van der Waals surface area (Å²) in [6, 6.07) is -0.719. The van der Waals surface area contributed by atoms with Gasteiger partial charge in [0.05, 0.1) is 13.0 Å². The first-order valence-corrected chi connectivity index (χ1v) is 13.5. The van der Waals surface area contributed by atoms with Crippen LogP contribution in [0.4, 0.5) is 0 Å². The highest BCUT2D eigenvalue weighted by Crippen LogP contribution is 2.46. The Morgan fingerprint density at radius 2 is 1.74 bits per heavy atom. The van der Waals surface area contributed by atoms with Gasteiger partial charge in [0.2, 0.25) is 11.8 Å². The summed E-state index contributed by atoms with van der Waals surface area (Å²) < 4.78 is 11.7. The lowest BCUT2D eigenvalue weighted by Gasteiger charge is -2.46. The van der Waals surface area contributed by atoms with Gasteiger partial charge in [-0.2, -0.15) is 0 Å². The van der Waals surface area contributed by atoms with Gasteiger partial charge in [-0.15, -0.1) is 0 Å². The molecule has 3 fully saturated rings. The summed E-state index contributed by atoms with van der Waals surface area (Å²) in [7, 11) is 0. The molecule has 0 spiro atoms. The Morgan fingerprint density at radius 3 is 2.34 bits per heavy atom. The van der Waals surface area contributed by atoms with Gasteiger partial charge < -0.3 is 25.2 Å². The maximum absolute atomic E-state index is 13.4. The minimum atomic E-state index is -0.961. The van der Waals surface area contributed by atoms with Crippen molar-refractivity contribution in [2.45, 2.75) is 129 Å². The molecule has 2 aliphatic carbocycles. The molecule has 8 nitrogen and oxygen atoms in total. The fourth-order valence-electron chi connectivity index (χ4n) is 5.93. The molecule has 200 valence electrons. The van der Waals surface area contributed by atoms with Crippen LogP contribution in [0.3, 0.4) is 0 Å². The molecule has 8 heteroatoms. The van der Waals surface area contributed by atoms with E-state index in [1.54, 1.807) is 13.8 Å². The van der Waals surface area contributed by atoms with Gasteiger partial charge in [0.1, 0.15) is 6.10 Å². The molecule has 0 bridgehead atoms. The first-order valence-electron chi connectivity index (χ1n) is 13.5. The zero-order chi connectivity index (χ0) is 25.9. The molecule has 1 heterocycles. The van der Waals surface area contributed by atoms with Crippen molar-refractivity contribution in [3.8, 4) is 0 Å². The van der Waals surface area contributed by atoms with Crippen LogP contribution in [0.15, 0.2) is 0 Å². The molecule has 2 saturated carbocycles. The maximum atomic E-state index is 13.4. The number of carboxylic acid groups (broad SMARTS) is 1. The van der Waals surface area contributed by atoms with Crippen LogP contribution in [0.25, 0.3) is 0 Å². The number of aliphatic carboxylic acids is 1. The van der Waals surface area contributed by atoms with Crippen molar-refractivity contribution in [3.05, 3.63) is 0 Å². The van der Waals surface area contributed by atoms with Crippen molar-refractivity contribution in [2.24, 2.45) is 16.7 Å². The molecular weight excluding hydrogens is 448 g/mol. The number of carbonyl (C=O) groups excluding carboxylic acids is 2. The fourth-order valence-corrected chi connectivity index (χ4v) is 5.93. The van der Waals surface area contributed by atoms with Crippen molar-refractivity contribution >= 4 is 17.8 Å². The molecule has 0 radical (unpaired) electrons. The van der Waals surface area contributed by atoms with Gasteiger partial charge in [-0.05, 0) is 51.9 Å². The average molecular weight is 495 g/mol. The quantitative estimate of drug-likeness (QED) is 0.420. The number of unbranched alkanes of at least 4 members (excludes halogenated alkanes) is 1. The van der Waals surface area contributed by atoms with Crippen molar-refractivity contribution < 1.29 is 29.0 Å². The molecule has 3 rings (SSSR count). The molecule has 0 aromatic heterocycles. The van der Waals surface area contributed by atoms with E-state index < -0.39 is 29.3 Å². The summed E-state index contributed by atoms with van der Waals surface area (Å²) in [4.78, 5) is 38.6. The second-order valence-electron chi connectivity index (χ2n) is 12.2. The van der Waals surface area contributed by atoms with Gasteiger partial charge in [-0.25, -0.2) is 0 Å². The highest BCUT2D eigenvalue weighted by Gasteiger charge is 2.48. The normalized spacial score (nSPS) is 29.9. The lowest BCUT2D eigenvalue weighted by Crippen LogP contribution is -2.60. The Morgan fingerprint density at radius 1 is 1.06 bits per heavy atom. The Bertz CT molecular complexity index is 776. The predicted molar refractivity (Wildman–Crippen MR) is 133 cm³/mol. The number of carbonyl (C=O) groups is 3. The van der Waals surface area contributed by atoms with Crippen LogP contribution >= 0.6 is 0 Å². The number of nitrogens with one attached hydrogen (secondary N) is 2. The van der Waals surface area contributed by atoms with E-state index in [9.17, 15) is 19.5 Å². The second-order valence-corrected chi connectivity index (χ2v) is 12.2. The topological polar surface area (TPSA) is 114 Å². The zero-order valence-corrected chi connectivity index (χ0v) is 22.3. The maximum Gasteiger partial charge on any atom is 0.305 e. The summed E-state index contributed by atoms with van der Waals surface area (Å²) in [5.74, 6) is -2.18. The SMILES string of the molecule is CCCCC1(C(=O)NC2CCCCC2C(CC(=O)O)NC(=O)C2OC(C)(C)OCC2(C)C)CCC1. The van der Waals surface area contributed by atoms with E-state index in [2.05, 4.69) is 17.6 Å². The van der Waals surface area contributed by atoms with Gasteiger partial charge in [0.25, 0.3) is 0 Å². The van der Waals surface area contributed by atoms with Gasteiger partial charge in [-0.1, -0.05) is 52.9 Å². The molecule has 3 N–H and O–H groups in total. The largest absolute Gasteiger partial charge is 0.481 e. The standard InChI is InChI=1S/C27H46N2O6/c1-6-7-13-27(14-10-15-27)24(33)29-19-12-9-8-11-18(19)20(16-21(30)31)28-23(32)22-25(2,3)17-34-26(4,5)35-22/h18-20,22H,6-17H2,1-5H3,(H,28,32)(H,29,33)(H,30,31). The van der Waals surface area contributed by atoms with Crippen molar-refractivity contribution in [3.63, 3.8) is 0 Å². The molecule has 0 aromatic rings. The highest BCUT2D eigenvalue weighted by atomic mass is 16.7. The fraction of sp³-hybridized carbons (Fsp3) is 0.889. The third-order valence-corrected chi connectivity index (χ3v) is 8.32. The number of ether oxygens (including phenoxy) is 2. The van der Waals surface area contributed by atoms with Gasteiger partial charge in [-0.3, -0.25) is 14.4 Å². The van der Waals surface area contributed by atoms with Crippen LogP contribution in [0.2, 0.25) is 0 Å². The van der Waals surface area contributed by atoms with Gasteiger partial charge in [0, 0.05) is 22.9 Å². The van der Waals surface area contributed by atoms with Crippen molar-refractivity contribution in [2.75, 3.05) is 6.61 Å². The van der Waals surface area contributed by atoms with Crippen LogP contribution in [-0.2, 0) is 23.9 Å². The molecule has 1 aliphatic heterocycles. The molecule has 2 amide bonds. The number of carboxylic acids is 1. The van der Waals surface area contributed by atoms with E-state index in [1.807, 2.05) is 13.8 Å². The molecule has 3 aliphatic rings. The number of rotatable bonds is 10. The number of hydrogen-bond acceptors (Lipinski definition) is 5. The second kappa shape index (κ2) is 11.2. The minimum absolute atomic E-state index is 0.116. The average Bonchev–Trinajstić information content (AvgIpc) is 2.74. The molecule has 4 atom stereocenters. The third-order valence-electron chi connectivity index (χ3n) is 8.32. The van der Waals surface area contributed by atoms with Crippen LogP contribution in [0, 0.1) is 16.7 Å². The van der Waals surface area contributed by atoms with E-state index >= 15 is 0 Å². The lowest BCUT2D eigenvalue weighted by molar-refractivity contribution is -0.304. The monoisotopic (exact) mass is 494 g/mol. The van der Waals surface area contributed by atoms with Gasteiger partial charge in [0.15, 0.2) is 5.79 Å². The summed E-state index contributed by atoms with van der Waals surface area (Å²) in [5, 5.41) is 16.0. The summed E-state index contributed by atoms with van der Waals surface area (Å²) >= 11 is 0. The third kappa shape index (κ3) is 6.76.